The van der Waals surface area contributed by atoms with E-state index in [1.165, 1.54) is 12.8 Å². The Morgan fingerprint density at radius 3 is 1.51 bits per heavy atom. The molecule has 4 heterocycles. The van der Waals surface area contributed by atoms with Crippen molar-refractivity contribution in [3.8, 4) is 0 Å². The summed E-state index contributed by atoms with van der Waals surface area (Å²) in [5, 5.41) is 8.03. The van der Waals surface area contributed by atoms with Gasteiger partial charge in [0.15, 0.2) is 0 Å². The Kier molecular flexibility index (Phi) is 17.2. The number of amides is 2. The second-order valence-electron chi connectivity index (χ2n) is 16.3. The standard InChI is InChI=1S/C49H64N6O6/c1-3-5-7-9-11-17-29-60-48(58)42(31-35-33-51-40-21-15-13-19-38(35)40)53-46(56)44-23-24-45(55(44)37-25-27-50-28-26-37)47(57)54-43(49(59)61-30-18-12-10-8-6-4-2)32-36-34-52-41-22-16-14-20-39(36)41/h13-16,19-22,25-28,33-34,42-45,51-52H,3-12,17-18,23-24,29-32H2,1-2H3,(H,53,56)(H,54,57)/t42-,43-,44+,45+/m1/s1. The number of hydrogen-bond acceptors (Lipinski definition) is 8. The first-order valence-corrected chi connectivity index (χ1v) is 22.6. The first kappa shape index (κ1) is 44.9. The van der Waals surface area contributed by atoms with Gasteiger partial charge in [0.05, 0.1) is 13.2 Å². The number of para-hydroxylation sites is 2. The molecule has 6 rings (SSSR count). The molecule has 2 amide bonds. The van der Waals surface area contributed by atoms with Crippen LogP contribution >= 0.6 is 0 Å². The molecule has 5 aromatic rings. The summed E-state index contributed by atoms with van der Waals surface area (Å²) in [4.78, 5) is 69.1. The molecule has 0 saturated carbocycles. The van der Waals surface area contributed by atoms with Crippen molar-refractivity contribution in [1.82, 2.24) is 25.6 Å². The van der Waals surface area contributed by atoms with Gasteiger partial charge >= 0.3 is 11.9 Å². The van der Waals surface area contributed by atoms with Crippen LogP contribution in [0, 0.1) is 0 Å². The molecule has 0 bridgehead atoms. The number of benzene rings is 2. The van der Waals surface area contributed by atoms with Crippen molar-refractivity contribution in [2.24, 2.45) is 0 Å². The van der Waals surface area contributed by atoms with E-state index in [0.29, 0.717) is 18.5 Å². The van der Waals surface area contributed by atoms with E-state index in [-0.39, 0.29) is 37.9 Å². The Labute approximate surface area is 359 Å². The van der Waals surface area contributed by atoms with E-state index in [0.717, 1.165) is 97.1 Å². The highest BCUT2D eigenvalue weighted by molar-refractivity contribution is 5.96. The smallest absolute Gasteiger partial charge is 0.328 e. The summed E-state index contributed by atoms with van der Waals surface area (Å²) < 4.78 is 11.6. The fourth-order valence-corrected chi connectivity index (χ4v) is 8.48. The number of H-pyrrole nitrogens is 2. The van der Waals surface area contributed by atoms with Crippen molar-refractivity contribution < 1.29 is 28.7 Å². The maximum absolute atomic E-state index is 14.5. The normalized spacial score (nSPS) is 16.1. The number of nitrogens with one attached hydrogen (secondary N) is 4. The van der Waals surface area contributed by atoms with Crippen molar-refractivity contribution in [3.05, 3.63) is 96.6 Å². The number of hydrogen-bond donors (Lipinski definition) is 4. The van der Waals surface area contributed by atoms with Crippen molar-refractivity contribution >= 4 is 51.2 Å². The summed E-state index contributed by atoms with van der Waals surface area (Å²) >= 11 is 0. The van der Waals surface area contributed by atoms with E-state index in [9.17, 15) is 19.2 Å². The number of ether oxygens (including phenoxy) is 2. The maximum Gasteiger partial charge on any atom is 0.328 e. The highest BCUT2D eigenvalue weighted by Crippen LogP contribution is 2.32. The second kappa shape index (κ2) is 23.4. The molecule has 0 spiro atoms. The van der Waals surface area contributed by atoms with Gasteiger partial charge in [0, 0.05) is 65.1 Å². The number of carbonyl (C=O) groups is 4. The van der Waals surface area contributed by atoms with Crippen LogP contribution in [-0.2, 0) is 41.5 Å². The van der Waals surface area contributed by atoms with Crippen LogP contribution in [0.3, 0.4) is 0 Å². The molecular formula is C49H64N6O6. The zero-order chi connectivity index (χ0) is 42.8. The van der Waals surface area contributed by atoms with Crippen molar-refractivity contribution in [2.45, 2.75) is 141 Å². The summed E-state index contributed by atoms with van der Waals surface area (Å²) in [7, 11) is 0. The van der Waals surface area contributed by atoms with E-state index in [4.69, 9.17) is 9.47 Å². The van der Waals surface area contributed by atoms with Crippen LogP contribution in [0.4, 0.5) is 5.69 Å². The first-order chi connectivity index (χ1) is 29.9. The van der Waals surface area contributed by atoms with Crippen molar-refractivity contribution in [1.29, 1.82) is 0 Å². The van der Waals surface area contributed by atoms with Gasteiger partial charge < -0.3 is 35.0 Å². The first-order valence-electron chi connectivity index (χ1n) is 22.6. The topological polar surface area (TPSA) is 159 Å². The van der Waals surface area contributed by atoms with E-state index < -0.39 is 36.1 Å². The van der Waals surface area contributed by atoms with Crippen molar-refractivity contribution in [3.63, 3.8) is 0 Å². The van der Waals surface area contributed by atoms with Crippen LogP contribution in [-0.4, -0.2) is 76.1 Å². The monoisotopic (exact) mass is 832 g/mol. The van der Waals surface area contributed by atoms with Gasteiger partial charge in [-0.1, -0.05) is 114 Å². The molecule has 12 heteroatoms. The van der Waals surface area contributed by atoms with Gasteiger partial charge in [0.25, 0.3) is 0 Å². The van der Waals surface area contributed by atoms with E-state index in [1.54, 1.807) is 29.4 Å². The Morgan fingerprint density at radius 1 is 0.623 bits per heavy atom. The van der Waals surface area contributed by atoms with E-state index in [2.05, 4.69) is 39.4 Å². The average molecular weight is 833 g/mol. The van der Waals surface area contributed by atoms with Gasteiger partial charge in [-0.3, -0.25) is 14.6 Å². The molecule has 1 saturated heterocycles. The van der Waals surface area contributed by atoms with Crippen LogP contribution in [0.1, 0.15) is 115 Å². The predicted molar refractivity (Wildman–Crippen MR) is 240 cm³/mol. The third-order valence-electron chi connectivity index (χ3n) is 11.8. The lowest BCUT2D eigenvalue weighted by atomic mass is 10.0. The largest absolute Gasteiger partial charge is 0.464 e. The molecule has 326 valence electrons. The lowest BCUT2D eigenvalue weighted by molar-refractivity contribution is -0.148. The highest BCUT2D eigenvalue weighted by Gasteiger charge is 2.43. The lowest BCUT2D eigenvalue weighted by Crippen LogP contribution is -2.56. The molecule has 2 aromatic carbocycles. The molecule has 12 nitrogen and oxygen atoms in total. The van der Waals surface area contributed by atoms with Crippen LogP contribution in [0.15, 0.2) is 85.5 Å². The third-order valence-corrected chi connectivity index (χ3v) is 11.8. The third kappa shape index (κ3) is 12.5. The quantitative estimate of drug-likeness (QED) is 0.0336. The summed E-state index contributed by atoms with van der Waals surface area (Å²) in [6.45, 7) is 4.92. The van der Waals surface area contributed by atoms with Crippen LogP contribution in [0.25, 0.3) is 21.8 Å². The fraction of sp³-hybridized carbons (Fsp3) is 0.490. The van der Waals surface area contributed by atoms with Gasteiger partial charge in [0.2, 0.25) is 11.8 Å². The van der Waals surface area contributed by atoms with Crippen LogP contribution in [0.2, 0.25) is 0 Å². The summed E-state index contributed by atoms with van der Waals surface area (Å²) in [5.74, 6) is -1.76. The van der Waals surface area contributed by atoms with Gasteiger partial charge in [0.1, 0.15) is 24.2 Å². The number of pyridine rings is 1. The number of aromatic nitrogens is 3. The van der Waals surface area contributed by atoms with E-state index in [1.807, 2.05) is 60.9 Å². The molecule has 1 aliphatic rings. The van der Waals surface area contributed by atoms with Gasteiger partial charge in [-0.05, 0) is 61.1 Å². The number of nitrogens with zero attached hydrogens (tertiary/aromatic N) is 2. The fourth-order valence-electron chi connectivity index (χ4n) is 8.48. The number of anilines is 1. The molecule has 61 heavy (non-hydrogen) atoms. The highest BCUT2D eigenvalue weighted by atomic mass is 16.5. The number of esters is 2. The van der Waals surface area contributed by atoms with Crippen LogP contribution in [0.5, 0.6) is 0 Å². The Bertz CT molecular complexity index is 2020. The minimum Gasteiger partial charge on any atom is -0.464 e. The summed E-state index contributed by atoms with van der Waals surface area (Å²) in [6.07, 6.45) is 20.8. The van der Waals surface area contributed by atoms with Gasteiger partial charge in [-0.15, -0.1) is 0 Å². The molecule has 3 aromatic heterocycles. The predicted octanol–water partition coefficient (Wildman–Crippen LogP) is 8.64. The Morgan fingerprint density at radius 2 is 1.05 bits per heavy atom. The van der Waals surface area contributed by atoms with Crippen LogP contribution < -0.4 is 15.5 Å². The molecule has 0 aliphatic carbocycles. The minimum absolute atomic E-state index is 0.230. The molecule has 1 fully saturated rings. The summed E-state index contributed by atoms with van der Waals surface area (Å²) in [5.41, 5.74) is 4.27. The number of unbranched alkanes of at least 4 members (excludes halogenated alkanes) is 10. The molecule has 0 unspecified atom stereocenters. The maximum atomic E-state index is 14.5. The number of rotatable bonds is 25. The summed E-state index contributed by atoms with van der Waals surface area (Å²) in [6, 6.07) is 15.7. The molecule has 4 N–H and O–H groups in total. The molecule has 1 aliphatic heterocycles. The van der Waals surface area contributed by atoms with Crippen molar-refractivity contribution in [2.75, 3.05) is 18.1 Å². The molecule has 4 atom stereocenters. The number of fused-ring (bicyclic) bond motifs is 2. The number of carbonyl (C=O) groups excluding carboxylic acids is 4. The lowest BCUT2D eigenvalue weighted by Gasteiger charge is -2.32. The Balaban J connectivity index is 1.18. The van der Waals surface area contributed by atoms with E-state index >= 15 is 0 Å². The second-order valence-corrected chi connectivity index (χ2v) is 16.3. The molecular weight excluding hydrogens is 769 g/mol. The Hall–Kier alpha value is -5.65. The zero-order valence-electron chi connectivity index (χ0n) is 36.0. The average Bonchev–Trinajstić information content (AvgIpc) is 4.03. The minimum atomic E-state index is -0.957. The molecule has 0 radical (unpaired) electrons. The van der Waals surface area contributed by atoms with Gasteiger partial charge in [-0.25, -0.2) is 9.59 Å². The van der Waals surface area contributed by atoms with Gasteiger partial charge in [-0.2, -0.15) is 0 Å². The zero-order valence-corrected chi connectivity index (χ0v) is 36.0. The number of aromatic amines is 2. The SMILES string of the molecule is CCCCCCCCOC(=O)[C@@H](Cc1c[nH]c2ccccc12)NC(=O)[C@@H]1CC[C@@H](C(=O)N[C@H](Cc2c[nH]c3ccccc23)C(=O)OCCCCCCCC)N1c1ccncc1.